The molecule has 32 heavy (non-hydrogen) atoms. The Labute approximate surface area is 223 Å². The molecule has 0 nitrogen and oxygen atoms in total. The minimum atomic E-state index is 0. The first kappa shape index (κ1) is 35.5. The normalized spacial score (nSPS) is 12.7. The molecule has 0 saturated carbocycles. The van der Waals surface area contributed by atoms with Crippen molar-refractivity contribution in [3.05, 3.63) is 122 Å². The van der Waals surface area contributed by atoms with Gasteiger partial charge in [0.25, 0.3) is 0 Å². The Kier molecular flexibility index (Phi) is 22.8. The predicted octanol–water partition coefficient (Wildman–Crippen LogP) is 8.05. The molecule has 2 aromatic rings. The van der Waals surface area contributed by atoms with E-state index in [9.17, 15) is 0 Å². The van der Waals surface area contributed by atoms with Gasteiger partial charge in [-0.15, -0.1) is 48.8 Å². The average molecular weight is 519 g/mol. The van der Waals surface area contributed by atoms with Crippen LogP contribution < -0.4 is 0 Å². The number of allylic oxidation sites excluding steroid dienone is 8. The van der Waals surface area contributed by atoms with Crippen LogP contribution in [0.1, 0.15) is 50.7 Å². The molecule has 0 bridgehead atoms. The van der Waals surface area contributed by atoms with Gasteiger partial charge in [-0.2, -0.15) is 0 Å². The molecule has 0 amide bonds. The molecule has 0 atom stereocenters. The van der Waals surface area contributed by atoms with Gasteiger partial charge < -0.3 is 14.9 Å². The first-order chi connectivity index (χ1) is 13.8. The van der Waals surface area contributed by atoms with Crippen molar-refractivity contribution in [2.75, 3.05) is 0 Å². The third kappa shape index (κ3) is 11.2. The topological polar surface area (TPSA) is 0 Å². The summed E-state index contributed by atoms with van der Waals surface area (Å²) in [6.07, 6.45) is 15.4. The van der Waals surface area contributed by atoms with E-state index >= 15 is 0 Å². The Balaban J connectivity index is -0.000000437. The van der Waals surface area contributed by atoms with E-state index in [0.29, 0.717) is 0 Å². The van der Waals surface area contributed by atoms with Gasteiger partial charge in [0.1, 0.15) is 0 Å². The van der Waals surface area contributed by atoms with E-state index in [1.165, 1.54) is 33.4 Å². The molecule has 4 heteroatoms. The van der Waals surface area contributed by atoms with Crippen LogP contribution in [0.5, 0.6) is 0 Å². The molecule has 0 saturated heterocycles. The fourth-order valence-corrected chi connectivity index (χ4v) is 3.17. The third-order valence-electron chi connectivity index (χ3n) is 4.76. The fourth-order valence-electron chi connectivity index (χ4n) is 3.17. The molecule has 2 aliphatic rings. The second-order valence-corrected chi connectivity index (χ2v) is 6.54. The monoisotopic (exact) mass is 518 g/mol. The molecule has 0 spiro atoms. The van der Waals surface area contributed by atoms with Crippen LogP contribution in [0.3, 0.4) is 0 Å². The summed E-state index contributed by atoms with van der Waals surface area (Å²) in [5.74, 6) is 0. The number of halogens is 2. The van der Waals surface area contributed by atoms with Gasteiger partial charge >= 0.3 is 26.8 Å². The summed E-state index contributed by atoms with van der Waals surface area (Å²) in [6, 6.07) is 21.1. The predicted molar refractivity (Wildman–Crippen MR) is 148 cm³/mol. The van der Waals surface area contributed by atoms with Crippen LogP contribution in [-0.4, -0.2) is 7.63 Å². The zero-order chi connectivity index (χ0) is 20.2. The van der Waals surface area contributed by atoms with Gasteiger partial charge in [0.05, 0.1) is 0 Å². The summed E-state index contributed by atoms with van der Waals surface area (Å²) in [5.41, 5.74) is 8.16. The molecule has 0 N–H and O–H groups in total. The zero-order valence-electron chi connectivity index (χ0n) is 19.8. The molecule has 0 aliphatic heterocycles. The van der Waals surface area contributed by atoms with Crippen molar-refractivity contribution in [1.29, 1.82) is 0 Å². The SMILES string of the molecule is CCC1=[C-]CC(c2ccccc2)=C1.CCC1=[C-]CC(c2ccccc2)=C1.Cl.Cl.[CH3-].[CH3-].[SiH2]=[Ti]. The molecule has 0 aromatic heterocycles. The first-order valence-corrected chi connectivity index (χ1v) is 13.9. The fraction of sp³-hybridized carbons (Fsp3) is 0.214. The Bertz CT molecular complexity index is 795. The molecular weight excluding hydrogens is 483 g/mol. The number of benzene rings is 2. The number of rotatable bonds is 4. The van der Waals surface area contributed by atoms with Crippen molar-refractivity contribution in [3.8, 4) is 0 Å². The third-order valence-corrected chi connectivity index (χ3v) is 4.76. The molecule has 174 valence electrons. The van der Waals surface area contributed by atoms with Gasteiger partial charge in [0.2, 0.25) is 0 Å². The number of hydrogen-bond donors (Lipinski definition) is 0. The molecule has 0 heterocycles. The van der Waals surface area contributed by atoms with Crippen molar-refractivity contribution < 1.29 is 19.2 Å². The summed E-state index contributed by atoms with van der Waals surface area (Å²) in [4.78, 5) is 0. The summed E-state index contributed by atoms with van der Waals surface area (Å²) < 4.78 is 0. The van der Waals surface area contributed by atoms with E-state index in [1.54, 1.807) is 0 Å². The van der Waals surface area contributed by atoms with Crippen molar-refractivity contribution in [2.45, 2.75) is 39.5 Å². The van der Waals surface area contributed by atoms with E-state index in [4.69, 9.17) is 0 Å². The Morgan fingerprint density at radius 2 is 0.969 bits per heavy atom. The standard InChI is InChI=1S/2C13H13.2CH3.2ClH.H2Si.Ti/c2*1-2-11-8-9-13(10-11)12-6-4-3-5-7-12;;;;;;/h2*3-7,10H,2,9H2,1H3;2*1H3;2*1H;1H2;/q4*-1;;;;. The van der Waals surface area contributed by atoms with Gasteiger partial charge in [0, 0.05) is 0 Å². The van der Waals surface area contributed by atoms with Crippen LogP contribution in [0.15, 0.2) is 84.0 Å². The molecule has 0 fully saturated rings. The zero-order valence-corrected chi connectivity index (χ0v) is 24.4. The van der Waals surface area contributed by atoms with E-state index in [0.717, 1.165) is 25.7 Å². The second kappa shape index (κ2) is 20.5. The average Bonchev–Trinajstić information content (AvgIpc) is 3.47. The van der Waals surface area contributed by atoms with Crippen molar-refractivity contribution in [1.82, 2.24) is 0 Å². The van der Waals surface area contributed by atoms with Gasteiger partial charge in [-0.25, -0.2) is 23.3 Å². The van der Waals surface area contributed by atoms with Gasteiger partial charge in [-0.3, -0.25) is 12.2 Å². The Morgan fingerprint density at radius 3 is 1.22 bits per heavy atom. The van der Waals surface area contributed by atoms with Crippen LogP contribution in [0.25, 0.3) is 11.1 Å². The number of hydrogen-bond acceptors (Lipinski definition) is 0. The van der Waals surface area contributed by atoms with Crippen molar-refractivity contribution >= 4 is 43.6 Å². The molecule has 4 rings (SSSR count). The maximum atomic E-state index is 3.38. The van der Waals surface area contributed by atoms with E-state index in [-0.39, 0.29) is 39.7 Å². The van der Waals surface area contributed by atoms with E-state index in [1.807, 2.05) is 26.8 Å². The summed E-state index contributed by atoms with van der Waals surface area (Å²) in [7, 11) is 1.86. The quantitative estimate of drug-likeness (QED) is 0.283. The Hall–Kier alpha value is -1.09. The van der Waals surface area contributed by atoms with E-state index < -0.39 is 0 Å². The van der Waals surface area contributed by atoms with Gasteiger partial charge in [0.15, 0.2) is 0 Å². The summed E-state index contributed by atoms with van der Waals surface area (Å²) in [6.45, 7) is 4.35. The van der Waals surface area contributed by atoms with Crippen LogP contribution >= 0.6 is 24.8 Å². The molecule has 2 aliphatic carbocycles. The van der Waals surface area contributed by atoms with E-state index in [2.05, 4.69) is 98.8 Å². The Morgan fingerprint density at radius 1 is 0.656 bits per heavy atom. The maximum absolute atomic E-state index is 3.38. The van der Waals surface area contributed by atoms with Crippen LogP contribution in [0.2, 0.25) is 0 Å². The van der Waals surface area contributed by atoms with Crippen LogP contribution in [0, 0.1) is 27.0 Å². The first-order valence-electron chi connectivity index (χ1n) is 9.87. The molecule has 0 radical (unpaired) electrons. The molecule has 0 unspecified atom stereocenters. The summed E-state index contributed by atoms with van der Waals surface area (Å²) >= 11 is 2.03. The van der Waals surface area contributed by atoms with Crippen molar-refractivity contribution in [3.63, 3.8) is 0 Å². The van der Waals surface area contributed by atoms with Crippen LogP contribution in [0.4, 0.5) is 0 Å². The summed E-state index contributed by atoms with van der Waals surface area (Å²) in [5, 5.41) is 0. The van der Waals surface area contributed by atoms with Crippen molar-refractivity contribution in [2.24, 2.45) is 0 Å². The van der Waals surface area contributed by atoms with Gasteiger partial charge in [-0.05, 0) is 11.1 Å². The molecule has 2 aromatic carbocycles. The molecular formula is C28H36Cl2SiTi-4. The minimum absolute atomic E-state index is 0. The van der Waals surface area contributed by atoms with Gasteiger partial charge in [-0.1, -0.05) is 87.4 Å². The van der Waals surface area contributed by atoms with Crippen LogP contribution in [-0.2, 0) is 19.2 Å². The second-order valence-electron chi connectivity index (χ2n) is 6.54.